The number of thiazole rings is 1. The van der Waals surface area contributed by atoms with Gasteiger partial charge in [0.25, 0.3) is 0 Å². The fourth-order valence-corrected chi connectivity index (χ4v) is 3.79. The van der Waals surface area contributed by atoms with E-state index in [0.29, 0.717) is 16.3 Å². The van der Waals surface area contributed by atoms with Gasteiger partial charge in [0.15, 0.2) is 5.75 Å². The largest absolute Gasteiger partial charge is 0.573 e. The van der Waals surface area contributed by atoms with Crippen LogP contribution < -0.4 is 9.47 Å². The first kappa shape index (κ1) is 21.4. The minimum atomic E-state index is -4.97. The number of hydrogen-bond acceptors (Lipinski definition) is 8. The maximum Gasteiger partial charge on any atom is 0.573 e. The summed E-state index contributed by atoms with van der Waals surface area (Å²) in [5.74, 6) is -0.680. The molecule has 11 heteroatoms. The van der Waals surface area contributed by atoms with Gasteiger partial charge >= 0.3 is 6.36 Å². The number of azo groups is 1. The number of aromatic nitrogens is 1. The summed E-state index contributed by atoms with van der Waals surface area (Å²) < 4.78 is 47.7. The summed E-state index contributed by atoms with van der Waals surface area (Å²) in [6.07, 6.45) is -4.97. The van der Waals surface area contributed by atoms with Gasteiger partial charge in [0.2, 0.25) is 0 Å². The lowest BCUT2D eigenvalue weighted by atomic mass is 10.2. The molecule has 0 saturated carbocycles. The Morgan fingerprint density at radius 3 is 2.41 bits per heavy atom. The van der Waals surface area contributed by atoms with Crippen LogP contribution in [0.3, 0.4) is 0 Å². The number of hydrogen-bond donors (Lipinski definition) is 2. The molecule has 4 rings (SSSR count). The summed E-state index contributed by atoms with van der Waals surface area (Å²) >= 11 is 1.41. The number of ether oxygens (including phenoxy) is 2. The van der Waals surface area contributed by atoms with Crippen LogP contribution >= 0.6 is 11.3 Å². The Morgan fingerprint density at radius 2 is 1.69 bits per heavy atom. The Bertz CT molecular complexity index is 1320. The standard InChI is InChI=1S/C21H14F3N3O4S/c1-30-13-4-7-16-19(10-13)32-20(25-16)11-2-5-14(17(29)8-11)26-27-15-6-3-12(28)9-18(15)31-21(22,23)24/h2-10,28-29H,1H3/b27-26+. The highest BCUT2D eigenvalue weighted by atomic mass is 32.1. The SMILES string of the molecule is COc1ccc2nc(-c3ccc(/N=N/c4ccc(O)cc4OC(F)(F)F)c(O)c3)sc2c1. The van der Waals surface area contributed by atoms with E-state index in [1.807, 2.05) is 12.1 Å². The number of phenolic OH excluding ortho intramolecular Hbond substituents is 2. The van der Waals surface area contributed by atoms with Crippen LogP contribution in [0, 0.1) is 0 Å². The quantitative estimate of drug-likeness (QED) is 0.323. The van der Waals surface area contributed by atoms with E-state index in [1.165, 1.54) is 23.5 Å². The van der Waals surface area contributed by atoms with E-state index < -0.39 is 17.9 Å². The van der Waals surface area contributed by atoms with Crippen molar-refractivity contribution < 1.29 is 32.9 Å². The zero-order chi connectivity index (χ0) is 22.9. The molecule has 0 amide bonds. The van der Waals surface area contributed by atoms with Crippen molar-refractivity contribution in [3.8, 4) is 33.6 Å². The van der Waals surface area contributed by atoms with Gasteiger partial charge in [-0.05, 0) is 48.5 Å². The second kappa shape index (κ2) is 8.35. The van der Waals surface area contributed by atoms with Crippen LogP contribution in [0.5, 0.6) is 23.0 Å². The lowest BCUT2D eigenvalue weighted by molar-refractivity contribution is -0.274. The van der Waals surface area contributed by atoms with Crippen LogP contribution in [-0.2, 0) is 0 Å². The number of methoxy groups -OCH3 is 1. The Labute approximate surface area is 183 Å². The van der Waals surface area contributed by atoms with Gasteiger partial charge in [-0.1, -0.05) is 0 Å². The molecule has 0 atom stereocenters. The molecular weight excluding hydrogens is 447 g/mol. The smallest absolute Gasteiger partial charge is 0.508 e. The Morgan fingerprint density at radius 1 is 0.938 bits per heavy atom. The molecule has 0 bridgehead atoms. The summed E-state index contributed by atoms with van der Waals surface area (Å²) in [6.45, 7) is 0. The molecule has 0 radical (unpaired) electrons. The first-order chi connectivity index (χ1) is 15.2. The molecule has 1 aromatic heterocycles. The highest BCUT2D eigenvalue weighted by molar-refractivity contribution is 7.21. The molecule has 4 aromatic rings. The van der Waals surface area contributed by atoms with Gasteiger partial charge in [0.1, 0.15) is 33.6 Å². The number of aromatic hydroxyl groups is 2. The summed E-state index contributed by atoms with van der Waals surface area (Å²) in [7, 11) is 1.57. The predicted molar refractivity (Wildman–Crippen MR) is 112 cm³/mol. The predicted octanol–water partition coefficient (Wildman–Crippen LogP) is 6.70. The number of phenols is 2. The lowest BCUT2D eigenvalue weighted by Gasteiger charge is -2.10. The van der Waals surface area contributed by atoms with E-state index in [1.54, 1.807) is 19.2 Å². The number of benzene rings is 3. The maximum absolute atomic E-state index is 12.6. The zero-order valence-corrected chi connectivity index (χ0v) is 17.1. The molecule has 32 heavy (non-hydrogen) atoms. The van der Waals surface area contributed by atoms with Crippen molar-refractivity contribution in [1.29, 1.82) is 0 Å². The minimum Gasteiger partial charge on any atom is -0.508 e. The normalized spacial score (nSPS) is 11.9. The van der Waals surface area contributed by atoms with Gasteiger partial charge in [0.05, 0.1) is 17.3 Å². The van der Waals surface area contributed by atoms with Crippen LogP contribution in [0.1, 0.15) is 0 Å². The summed E-state index contributed by atoms with van der Waals surface area (Å²) in [5, 5.41) is 27.9. The van der Waals surface area contributed by atoms with Crippen molar-refractivity contribution in [1.82, 2.24) is 4.98 Å². The summed E-state index contributed by atoms with van der Waals surface area (Å²) in [5.41, 5.74) is 1.16. The van der Waals surface area contributed by atoms with Crippen molar-refractivity contribution >= 4 is 32.9 Å². The summed E-state index contributed by atoms with van der Waals surface area (Å²) in [4.78, 5) is 4.53. The molecule has 0 aliphatic rings. The van der Waals surface area contributed by atoms with Crippen molar-refractivity contribution in [3.63, 3.8) is 0 Å². The molecule has 0 unspecified atom stereocenters. The minimum absolute atomic E-state index is 0.0302. The van der Waals surface area contributed by atoms with Crippen LogP contribution in [0.4, 0.5) is 24.5 Å². The van der Waals surface area contributed by atoms with Crippen LogP contribution in [0.25, 0.3) is 20.8 Å². The monoisotopic (exact) mass is 461 g/mol. The number of fused-ring (bicyclic) bond motifs is 1. The second-order valence-electron chi connectivity index (χ2n) is 6.46. The van der Waals surface area contributed by atoms with Gasteiger partial charge < -0.3 is 19.7 Å². The third-order valence-electron chi connectivity index (χ3n) is 4.25. The molecule has 0 spiro atoms. The Kier molecular flexibility index (Phi) is 5.57. The molecule has 0 aliphatic carbocycles. The molecule has 164 valence electrons. The topological polar surface area (TPSA) is 96.5 Å². The third kappa shape index (κ3) is 4.72. The average Bonchev–Trinajstić information content (AvgIpc) is 3.16. The first-order valence-corrected chi connectivity index (χ1v) is 9.82. The van der Waals surface area contributed by atoms with Gasteiger partial charge in [-0.2, -0.15) is 0 Å². The molecule has 0 aliphatic heterocycles. The van der Waals surface area contributed by atoms with Gasteiger partial charge in [-0.25, -0.2) is 4.98 Å². The first-order valence-electron chi connectivity index (χ1n) is 9.00. The second-order valence-corrected chi connectivity index (χ2v) is 7.49. The highest BCUT2D eigenvalue weighted by Gasteiger charge is 2.32. The number of nitrogens with zero attached hydrogens (tertiary/aromatic N) is 3. The lowest BCUT2D eigenvalue weighted by Crippen LogP contribution is -2.17. The van der Waals surface area contributed by atoms with Gasteiger partial charge in [-0.15, -0.1) is 34.7 Å². The van der Waals surface area contributed by atoms with Crippen molar-refractivity contribution in [2.45, 2.75) is 6.36 Å². The number of halogens is 3. The molecule has 1 heterocycles. The van der Waals surface area contributed by atoms with Crippen molar-refractivity contribution in [2.24, 2.45) is 10.2 Å². The zero-order valence-electron chi connectivity index (χ0n) is 16.3. The van der Waals surface area contributed by atoms with Crippen molar-refractivity contribution in [2.75, 3.05) is 7.11 Å². The average molecular weight is 461 g/mol. The fraction of sp³-hybridized carbons (Fsp3) is 0.0952. The molecule has 0 saturated heterocycles. The van der Waals surface area contributed by atoms with E-state index in [0.717, 1.165) is 28.4 Å². The Balaban J connectivity index is 1.61. The van der Waals surface area contributed by atoms with E-state index in [4.69, 9.17) is 4.74 Å². The van der Waals surface area contributed by atoms with E-state index in [2.05, 4.69) is 19.9 Å². The van der Waals surface area contributed by atoms with E-state index in [9.17, 15) is 23.4 Å². The molecule has 2 N–H and O–H groups in total. The van der Waals surface area contributed by atoms with Gasteiger partial charge in [-0.3, -0.25) is 0 Å². The molecule has 3 aromatic carbocycles. The number of alkyl halides is 3. The van der Waals surface area contributed by atoms with Crippen LogP contribution in [-0.4, -0.2) is 28.7 Å². The van der Waals surface area contributed by atoms with E-state index in [-0.39, 0.29) is 17.1 Å². The molecule has 7 nitrogen and oxygen atoms in total. The maximum atomic E-state index is 12.6. The van der Waals surface area contributed by atoms with Gasteiger partial charge in [0, 0.05) is 11.6 Å². The third-order valence-corrected chi connectivity index (χ3v) is 5.32. The van der Waals surface area contributed by atoms with Crippen molar-refractivity contribution in [3.05, 3.63) is 54.6 Å². The van der Waals surface area contributed by atoms with Crippen LogP contribution in [0.15, 0.2) is 64.8 Å². The number of rotatable bonds is 5. The van der Waals surface area contributed by atoms with Crippen LogP contribution in [0.2, 0.25) is 0 Å². The highest BCUT2D eigenvalue weighted by Crippen LogP contribution is 2.39. The fourth-order valence-electron chi connectivity index (χ4n) is 2.80. The molecule has 0 fully saturated rings. The molecular formula is C21H14F3N3O4S. The van der Waals surface area contributed by atoms with E-state index >= 15 is 0 Å². The summed E-state index contributed by atoms with van der Waals surface area (Å²) in [6, 6.07) is 13.1. The Hall–Kier alpha value is -3.86.